The molecule has 0 radical (unpaired) electrons. The minimum atomic E-state index is 0.235. The molecular weight excluding hydrogens is 270 g/mol. The van der Waals surface area contributed by atoms with E-state index < -0.39 is 0 Å². The minimum Gasteiger partial charge on any atom is -0.454 e. The van der Waals surface area contributed by atoms with Gasteiger partial charge in [0.25, 0.3) is 0 Å². The Hall–Kier alpha value is -2.89. The monoisotopic (exact) mass is 281 g/mol. The van der Waals surface area contributed by atoms with E-state index in [1.54, 1.807) is 16.8 Å². The maximum absolute atomic E-state index is 10.9. The van der Waals surface area contributed by atoms with Gasteiger partial charge in [-0.2, -0.15) is 0 Å². The molecule has 6 nitrogen and oxygen atoms in total. The summed E-state index contributed by atoms with van der Waals surface area (Å²) in [7, 11) is 0. The van der Waals surface area contributed by atoms with Crippen LogP contribution in [0, 0.1) is 6.92 Å². The summed E-state index contributed by atoms with van der Waals surface area (Å²) in [4.78, 5) is 15.4. The maximum Gasteiger partial charge on any atom is 0.231 e. The molecule has 0 bridgehead atoms. The Bertz CT molecular complexity index is 870. The van der Waals surface area contributed by atoms with E-state index in [0.29, 0.717) is 17.1 Å². The zero-order chi connectivity index (χ0) is 14.4. The third-order valence-corrected chi connectivity index (χ3v) is 3.41. The van der Waals surface area contributed by atoms with Gasteiger partial charge >= 0.3 is 0 Å². The van der Waals surface area contributed by atoms with Gasteiger partial charge in [0, 0.05) is 17.3 Å². The molecule has 0 amide bonds. The van der Waals surface area contributed by atoms with Gasteiger partial charge in [-0.15, -0.1) is 5.10 Å². The van der Waals surface area contributed by atoms with E-state index in [9.17, 15) is 4.79 Å². The lowest BCUT2D eigenvalue weighted by molar-refractivity contribution is 0.112. The number of pyridine rings is 1. The molecule has 0 saturated carbocycles. The highest BCUT2D eigenvalue weighted by Gasteiger charge is 2.16. The molecule has 4 rings (SSSR count). The molecule has 0 saturated heterocycles. The molecule has 0 unspecified atom stereocenters. The molecule has 1 aliphatic heterocycles. The number of aldehydes is 1. The number of hydrogen-bond donors (Lipinski definition) is 0. The van der Waals surface area contributed by atoms with Gasteiger partial charge in [0.15, 0.2) is 29.3 Å². The standard InChI is InChI=1S/C15H11N3O3/c1-9-4-10(7-19)6-18-15(9)16-14(17-18)11-2-3-12-13(5-11)21-8-20-12/h2-7H,8H2,1H3. The number of rotatable bonds is 2. The van der Waals surface area contributed by atoms with Gasteiger partial charge < -0.3 is 9.47 Å². The lowest BCUT2D eigenvalue weighted by Gasteiger charge is -1.97. The summed E-state index contributed by atoms with van der Waals surface area (Å²) in [6, 6.07) is 7.37. The van der Waals surface area contributed by atoms with Crippen LogP contribution in [-0.4, -0.2) is 27.7 Å². The lowest BCUT2D eigenvalue weighted by atomic mass is 10.2. The number of benzene rings is 1. The molecule has 0 N–H and O–H groups in total. The Morgan fingerprint density at radius 1 is 1.24 bits per heavy atom. The van der Waals surface area contributed by atoms with Crippen LogP contribution in [0.3, 0.4) is 0 Å². The van der Waals surface area contributed by atoms with Crippen LogP contribution >= 0.6 is 0 Å². The Morgan fingerprint density at radius 3 is 2.95 bits per heavy atom. The molecule has 0 aliphatic carbocycles. The Balaban J connectivity index is 1.87. The van der Waals surface area contributed by atoms with Crippen LogP contribution in [0.5, 0.6) is 11.5 Å². The number of fused-ring (bicyclic) bond motifs is 2. The van der Waals surface area contributed by atoms with Crippen LogP contribution in [0.2, 0.25) is 0 Å². The third kappa shape index (κ3) is 1.84. The summed E-state index contributed by atoms with van der Waals surface area (Å²) in [5.41, 5.74) is 3.05. The van der Waals surface area contributed by atoms with Gasteiger partial charge in [0.2, 0.25) is 6.79 Å². The van der Waals surface area contributed by atoms with Crippen molar-refractivity contribution in [3.63, 3.8) is 0 Å². The van der Waals surface area contributed by atoms with E-state index in [1.165, 1.54) is 0 Å². The van der Waals surface area contributed by atoms with Crippen molar-refractivity contribution in [3.05, 3.63) is 41.6 Å². The Labute approximate surface area is 119 Å². The molecule has 0 fully saturated rings. The normalized spacial score (nSPS) is 12.8. The second-order valence-corrected chi connectivity index (χ2v) is 4.85. The molecule has 1 aromatic carbocycles. The van der Waals surface area contributed by atoms with E-state index >= 15 is 0 Å². The molecule has 0 spiro atoms. The van der Waals surface area contributed by atoms with Crippen LogP contribution in [0.25, 0.3) is 17.0 Å². The number of aryl methyl sites for hydroxylation is 1. The highest BCUT2D eigenvalue weighted by Crippen LogP contribution is 2.35. The number of ether oxygens (including phenoxy) is 2. The average Bonchev–Trinajstić information content (AvgIpc) is 3.12. The zero-order valence-corrected chi connectivity index (χ0v) is 11.2. The SMILES string of the molecule is Cc1cc(C=O)cn2nc(-c3ccc4c(c3)OCO4)nc12. The summed E-state index contributed by atoms with van der Waals surface area (Å²) < 4.78 is 12.3. The molecule has 21 heavy (non-hydrogen) atoms. The summed E-state index contributed by atoms with van der Waals surface area (Å²) in [6.45, 7) is 2.14. The average molecular weight is 281 g/mol. The number of aromatic nitrogens is 3. The van der Waals surface area contributed by atoms with Crippen molar-refractivity contribution in [1.29, 1.82) is 0 Å². The first-order chi connectivity index (χ1) is 10.2. The van der Waals surface area contributed by atoms with E-state index in [2.05, 4.69) is 10.1 Å². The van der Waals surface area contributed by atoms with Crippen molar-refractivity contribution in [2.24, 2.45) is 0 Å². The predicted octanol–water partition coefficient (Wildman–Crippen LogP) is 2.25. The van der Waals surface area contributed by atoms with Gasteiger partial charge in [0.1, 0.15) is 0 Å². The second kappa shape index (κ2) is 4.31. The van der Waals surface area contributed by atoms with Crippen molar-refractivity contribution < 1.29 is 14.3 Å². The van der Waals surface area contributed by atoms with E-state index in [0.717, 1.165) is 28.8 Å². The Kier molecular flexibility index (Phi) is 2.44. The fourth-order valence-electron chi connectivity index (χ4n) is 2.40. The van der Waals surface area contributed by atoms with Gasteiger partial charge in [-0.1, -0.05) is 0 Å². The van der Waals surface area contributed by atoms with Crippen LogP contribution in [0.1, 0.15) is 15.9 Å². The highest BCUT2D eigenvalue weighted by atomic mass is 16.7. The van der Waals surface area contributed by atoms with E-state index in [-0.39, 0.29) is 6.79 Å². The predicted molar refractivity (Wildman–Crippen MR) is 74.7 cm³/mol. The number of hydrogen-bond acceptors (Lipinski definition) is 5. The molecule has 0 atom stereocenters. The first-order valence-electron chi connectivity index (χ1n) is 6.47. The quantitative estimate of drug-likeness (QED) is 0.674. The number of nitrogens with zero attached hydrogens (tertiary/aromatic N) is 3. The molecule has 6 heteroatoms. The van der Waals surface area contributed by atoms with Crippen LogP contribution in [-0.2, 0) is 0 Å². The van der Waals surface area contributed by atoms with Gasteiger partial charge in [-0.05, 0) is 36.8 Å². The zero-order valence-electron chi connectivity index (χ0n) is 11.2. The molecule has 3 aromatic rings. The summed E-state index contributed by atoms with van der Waals surface area (Å²) in [6.07, 6.45) is 2.47. The summed E-state index contributed by atoms with van der Waals surface area (Å²) >= 11 is 0. The summed E-state index contributed by atoms with van der Waals surface area (Å²) in [5, 5.41) is 4.43. The van der Waals surface area contributed by atoms with Crippen molar-refractivity contribution >= 4 is 11.9 Å². The second-order valence-electron chi connectivity index (χ2n) is 4.85. The molecular formula is C15H11N3O3. The minimum absolute atomic E-state index is 0.235. The van der Waals surface area contributed by atoms with Gasteiger partial charge in [0.05, 0.1) is 0 Å². The van der Waals surface area contributed by atoms with Crippen LogP contribution < -0.4 is 9.47 Å². The van der Waals surface area contributed by atoms with Crippen molar-refractivity contribution in [2.75, 3.05) is 6.79 Å². The van der Waals surface area contributed by atoms with E-state index in [1.807, 2.05) is 25.1 Å². The highest BCUT2D eigenvalue weighted by molar-refractivity contribution is 5.76. The number of carbonyl (C=O) groups is 1. The van der Waals surface area contributed by atoms with Gasteiger partial charge in [-0.25, -0.2) is 9.50 Å². The Morgan fingerprint density at radius 2 is 2.10 bits per heavy atom. The van der Waals surface area contributed by atoms with Crippen molar-refractivity contribution in [3.8, 4) is 22.9 Å². The maximum atomic E-state index is 10.9. The molecule has 3 heterocycles. The topological polar surface area (TPSA) is 65.7 Å². The largest absolute Gasteiger partial charge is 0.454 e. The first-order valence-corrected chi connectivity index (χ1v) is 6.47. The fraction of sp³-hybridized carbons (Fsp3) is 0.133. The molecule has 2 aromatic heterocycles. The smallest absolute Gasteiger partial charge is 0.231 e. The molecule has 1 aliphatic rings. The van der Waals surface area contributed by atoms with Crippen molar-refractivity contribution in [1.82, 2.24) is 14.6 Å². The van der Waals surface area contributed by atoms with Gasteiger partial charge in [-0.3, -0.25) is 4.79 Å². The number of carbonyl (C=O) groups excluding carboxylic acids is 1. The van der Waals surface area contributed by atoms with Crippen molar-refractivity contribution in [2.45, 2.75) is 6.92 Å². The first kappa shape index (κ1) is 11.9. The van der Waals surface area contributed by atoms with Crippen LogP contribution in [0.4, 0.5) is 0 Å². The van der Waals surface area contributed by atoms with Crippen LogP contribution in [0.15, 0.2) is 30.5 Å². The fourth-order valence-corrected chi connectivity index (χ4v) is 2.40. The summed E-state index contributed by atoms with van der Waals surface area (Å²) in [5.74, 6) is 2.00. The molecule has 104 valence electrons. The third-order valence-electron chi connectivity index (χ3n) is 3.41. The lowest BCUT2D eigenvalue weighted by Crippen LogP contribution is -1.93. The van der Waals surface area contributed by atoms with E-state index in [4.69, 9.17) is 9.47 Å².